The van der Waals surface area contributed by atoms with Gasteiger partial charge in [0.1, 0.15) is 5.82 Å². The van der Waals surface area contributed by atoms with Gasteiger partial charge in [0.2, 0.25) is 0 Å². The number of benzene rings is 2. The molecule has 26 heavy (non-hydrogen) atoms. The van der Waals surface area contributed by atoms with Crippen LogP contribution in [0.4, 0.5) is 10.1 Å². The van der Waals surface area contributed by atoms with E-state index in [4.69, 9.17) is 0 Å². The molecule has 1 N–H and O–H groups in total. The maximum absolute atomic E-state index is 13.1. The first-order chi connectivity index (χ1) is 12.1. The molecule has 1 heterocycles. The molecule has 0 amide bonds. The highest BCUT2D eigenvalue weighted by Gasteiger charge is 2.10. The maximum atomic E-state index is 13.1. The first-order valence-electron chi connectivity index (χ1n) is 8.25. The van der Waals surface area contributed by atoms with Crippen LogP contribution in [0.3, 0.4) is 0 Å². The average molecular weight is 437 g/mol. The fourth-order valence-electron chi connectivity index (χ4n) is 2.72. The van der Waals surface area contributed by atoms with Crippen LogP contribution in [0.1, 0.15) is 17.5 Å². The molecule has 0 fully saturated rings. The number of aliphatic hydroxyl groups excluding tert-OH is 1. The molecular weight excluding hydrogens is 415 g/mol. The monoisotopic (exact) mass is 436 g/mol. The zero-order valence-corrected chi connectivity index (χ0v) is 17.3. The maximum Gasteiger partial charge on any atom is 0.190 e. The van der Waals surface area contributed by atoms with Crippen LogP contribution in [0.5, 0.6) is 0 Å². The Morgan fingerprint density at radius 3 is 2.54 bits per heavy atom. The van der Waals surface area contributed by atoms with Crippen molar-refractivity contribution in [3.8, 4) is 11.3 Å². The molecule has 0 saturated carbocycles. The molecule has 3 rings (SSSR count). The van der Waals surface area contributed by atoms with Crippen molar-refractivity contribution >= 4 is 34.0 Å². The Bertz CT molecular complexity index is 932. The van der Waals surface area contributed by atoms with Crippen molar-refractivity contribution in [3.63, 3.8) is 0 Å². The van der Waals surface area contributed by atoms with Gasteiger partial charge in [-0.2, -0.15) is 0 Å². The minimum atomic E-state index is -0.269. The molecule has 3 aromatic rings. The van der Waals surface area contributed by atoms with Crippen molar-refractivity contribution in [1.82, 2.24) is 4.57 Å². The highest BCUT2D eigenvalue weighted by molar-refractivity contribution is 8.93. The van der Waals surface area contributed by atoms with Crippen LogP contribution in [0.15, 0.2) is 52.8 Å². The minimum absolute atomic E-state index is 0. The standard InChI is InChI=1S/C20H21FN2OS.BrH/c1-14-4-5-15(2)18(12-14)19-13-25-20(23(19)10-3-11-24)22-17-8-6-16(21)7-9-17;/h4-9,12-13,24H,3,10-11H2,1-2H3;1H. The number of nitrogens with zero attached hydrogens (tertiary/aromatic N) is 2. The molecular formula is C20H22BrFN2OS. The van der Waals surface area contributed by atoms with Crippen LogP contribution in [-0.4, -0.2) is 16.3 Å². The van der Waals surface area contributed by atoms with E-state index in [0.29, 0.717) is 18.7 Å². The number of thiazole rings is 1. The predicted molar refractivity (Wildman–Crippen MR) is 111 cm³/mol. The van der Waals surface area contributed by atoms with E-state index in [1.165, 1.54) is 28.8 Å². The molecule has 0 aliphatic carbocycles. The second-order valence-corrected chi connectivity index (χ2v) is 6.88. The highest BCUT2D eigenvalue weighted by atomic mass is 79.9. The number of aliphatic hydroxyl groups is 1. The molecule has 1 aromatic heterocycles. The van der Waals surface area contributed by atoms with E-state index < -0.39 is 0 Å². The number of aromatic nitrogens is 1. The zero-order chi connectivity index (χ0) is 17.8. The molecule has 0 bridgehead atoms. The third-order valence-corrected chi connectivity index (χ3v) is 4.92. The van der Waals surface area contributed by atoms with Crippen LogP contribution >= 0.6 is 28.3 Å². The van der Waals surface area contributed by atoms with Gasteiger partial charge in [-0.05, 0) is 56.2 Å². The predicted octanol–water partition coefficient (Wildman–Crippen LogP) is 5.17. The van der Waals surface area contributed by atoms with Crippen LogP contribution < -0.4 is 4.80 Å². The SMILES string of the molecule is Br.Cc1ccc(C)c(-c2csc(=Nc3ccc(F)cc3)n2CCCO)c1. The van der Waals surface area contributed by atoms with Crippen LogP contribution in [0.2, 0.25) is 0 Å². The summed E-state index contributed by atoms with van der Waals surface area (Å²) in [6.45, 7) is 4.99. The Kier molecular flexibility index (Phi) is 7.32. The van der Waals surface area contributed by atoms with Gasteiger partial charge in [0.15, 0.2) is 4.80 Å². The summed E-state index contributed by atoms with van der Waals surface area (Å²) in [5.41, 5.74) is 5.40. The molecule has 0 unspecified atom stereocenters. The smallest absolute Gasteiger partial charge is 0.190 e. The lowest BCUT2D eigenvalue weighted by molar-refractivity contribution is 0.279. The van der Waals surface area contributed by atoms with Crippen LogP contribution in [0, 0.1) is 19.7 Å². The van der Waals surface area contributed by atoms with Crippen molar-refractivity contribution in [2.45, 2.75) is 26.8 Å². The molecule has 0 aliphatic rings. The Hall–Kier alpha value is -1.76. The molecule has 3 nitrogen and oxygen atoms in total. The second-order valence-electron chi connectivity index (χ2n) is 6.04. The summed E-state index contributed by atoms with van der Waals surface area (Å²) in [7, 11) is 0. The number of hydrogen-bond acceptors (Lipinski definition) is 3. The molecule has 138 valence electrons. The highest BCUT2D eigenvalue weighted by Crippen LogP contribution is 2.26. The number of hydrogen-bond donors (Lipinski definition) is 1. The van der Waals surface area contributed by atoms with Crippen LogP contribution in [-0.2, 0) is 6.54 Å². The Morgan fingerprint density at radius 2 is 1.85 bits per heavy atom. The van der Waals surface area contributed by atoms with Crippen molar-refractivity contribution in [2.75, 3.05) is 6.61 Å². The van der Waals surface area contributed by atoms with E-state index in [1.807, 2.05) is 0 Å². The normalized spacial score (nSPS) is 11.5. The summed E-state index contributed by atoms with van der Waals surface area (Å²) < 4.78 is 15.2. The lowest BCUT2D eigenvalue weighted by Gasteiger charge is -2.11. The van der Waals surface area contributed by atoms with Gasteiger partial charge in [0.05, 0.1) is 11.4 Å². The van der Waals surface area contributed by atoms with Gasteiger partial charge in [-0.1, -0.05) is 17.7 Å². The Balaban J connectivity index is 0.00000243. The zero-order valence-electron chi connectivity index (χ0n) is 14.8. The molecule has 0 spiro atoms. The van der Waals surface area contributed by atoms with E-state index in [1.54, 1.807) is 23.5 Å². The van der Waals surface area contributed by atoms with Gasteiger partial charge in [0.25, 0.3) is 0 Å². The molecule has 2 aromatic carbocycles. The van der Waals surface area contributed by atoms with E-state index in [2.05, 4.69) is 47.0 Å². The third-order valence-electron chi connectivity index (χ3n) is 4.06. The molecule has 0 aliphatic heterocycles. The van der Waals surface area contributed by atoms with Gasteiger partial charge in [-0.3, -0.25) is 0 Å². The second kappa shape index (κ2) is 9.26. The first kappa shape index (κ1) is 20.6. The van der Waals surface area contributed by atoms with Gasteiger partial charge in [0, 0.05) is 24.1 Å². The largest absolute Gasteiger partial charge is 0.396 e. The molecule has 6 heteroatoms. The quantitative estimate of drug-likeness (QED) is 0.588. The summed E-state index contributed by atoms with van der Waals surface area (Å²) in [6.07, 6.45) is 0.658. The van der Waals surface area contributed by atoms with Crippen LogP contribution in [0.25, 0.3) is 11.3 Å². The van der Waals surface area contributed by atoms with E-state index in [0.717, 1.165) is 10.5 Å². The molecule has 0 radical (unpaired) electrons. The van der Waals surface area contributed by atoms with Gasteiger partial charge >= 0.3 is 0 Å². The topological polar surface area (TPSA) is 37.5 Å². The molecule has 0 saturated heterocycles. The van der Waals surface area contributed by atoms with E-state index in [9.17, 15) is 9.50 Å². The summed E-state index contributed by atoms with van der Waals surface area (Å²) >= 11 is 1.56. The Morgan fingerprint density at radius 1 is 1.12 bits per heavy atom. The fourth-order valence-corrected chi connectivity index (χ4v) is 3.66. The summed E-state index contributed by atoms with van der Waals surface area (Å²) in [4.78, 5) is 5.51. The van der Waals surface area contributed by atoms with Crippen molar-refractivity contribution < 1.29 is 9.50 Å². The minimum Gasteiger partial charge on any atom is -0.396 e. The summed E-state index contributed by atoms with van der Waals surface area (Å²) in [6, 6.07) is 12.6. The number of aryl methyl sites for hydroxylation is 2. The van der Waals surface area contributed by atoms with Crippen molar-refractivity contribution in [2.24, 2.45) is 4.99 Å². The van der Waals surface area contributed by atoms with Gasteiger partial charge < -0.3 is 9.67 Å². The number of halogens is 2. The number of rotatable bonds is 5. The average Bonchev–Trinajstić information content (AvgIpc) is 2.99. The summed E-state index contributed by atoms with van der Waals surface area (Å²) in [5, 5.41) is 11.4. The fraction of sp³-hybridized carbons (Fsp3) is 0.250. The van der Waals surface area contributed by atoms with E-state index >= 15 is 0 Å². The third kappa shape index (κ3) is 4.69. The van der Waals surface area contributed by atoms with Gasteiger partial charge in [-0.15, -0.1) is 28.3 Å². The van der Waals surface area contributed by atoms with Crippen molar-refractivity contribution in [3.05, 3.63) is 69.6 Å². The lowest BCUT2D eigenvalue weighted by Crippen LogP contribution is -2.17. The first-order valence-corrected chi connectivity index (χ1v) is 9.13. The summed E-state index contributed by atoms with van der Waals surface area (Å²) in [5.74, 6) is -0.269. The van der Waals surface area contributed by atoms with E-state index in [-0.39, 0.29) is 29.4 Å². The Labute approximate surface area is 167 Å². The molecule has 0 atom stereocenters. The lowest BCUT2D eigenvalue weighted by atomic mass is 10.0. The van der Waals surface area contributed by atoms with Crippen molar-refractivity contribution in [1.29, 1.82) is 0 Å². The van der Waals surface area contributed by atoms with Gasteiger partial charge in [-0.25, -0.2) is 9.38 Å².